The topological polar surface area (TPSA) is 26.0 Å². The van der Waals surface area contributed by atoms with Gasteiger partial charge in [0.05, 0.1) is 0 Å². The Balaban J connectivity index is 2.24. The Morgan fingerprint density at radius 3 is 2.82 bits per heavy atom. The molecule has 0 bridgehead atoms. The monoisotopic (exact) mass is 251 g/mol. The molecule has 2 rings (SSSR count). The first-order valence-corrected chi connectivity index (χ1v) is 6.86. The third-order valence-electron chi connectivity index (χ3n) is 3.22. The van der Waals surface area contributed by atoms with Crippen LogP contribution in [0.15, 0.2) is 24.3 Å². The first-order chi connectivity index (χ1) is 8.10. The van der Waals surface area contributed by atoms with E-state index in [2.05, 4.69) is 13.8 Å². The lowest BCUT2D eigenvalue weighted by atomic mass is 9.99. The summed E-state index contributed by atoms with van der Waals surface area (Å²) in [7, 11) is 0. The van der Waals surface area contributed by atoms with Crippen molar-refractivity contribution in [1.29, 1.82) is 0 Å². The molecule has 0 spiro atoms. The second-order valence-electron chi connectivity index (χ2n) is 4.69. The summed E-state index contributed by atoms with van der Waals surface area (Å²) in [6.45, 7) is 4.39. The van der Waals surface area contributed by atoms with Crippen LogP contribution in [-0.4, -0.2) is 0 Å². The lowest BCUT2D eigenvalue weighted by molar-refractivity contribution is 0.465. The molecule has 0 saturated carbocycles. The average Bonchev–Trinajstić information content (AvgIpc) is 2.71. The van der Waals surface area contributed by atoms with Gasteiger partial charge in [-0.2, -0.15) is 0 Å². The molecule has 0 amide bonds. The van der Waals surface area contributed by atoms with Gasteiger partial charge in [0.1, 0.15) is 5.82 Å². The molecule has 1 nitrogen and oxygen atoms in total. The van der Waals surface area contributed by atoms with Crippen LogP contribution in [0.2, 0.25) is 0 Å². The molecule has 2 aromatic rings. The molecule has 92 valence electrons. The molecule has 2 N–H and O–H groups in total. The molecule has 0 radical (unpaired) electrons. The number of nitrogens with two attached hydrogens (primary N) is 1. The van der Waals surface area contributed by atoms with Gasteiger partial charge in [-0.05, 0) is 42.0 Å². The maximum atomic E-state index is 13.1. The summed E-state index contributed by atoms with van der Waals surface area (Å²) < 4.78 is 14.2. The number of fused-ring (bicyclic) bond motifs is 1. The van der Waals surface area contributed by atoms with Crippen molar-refractivity contribution in [3.8, 4) is 0 Å². The highest BCUT2D eigenvalue weighted by atomic mass is 32.1. The van der Waals surface area contributed by atoms with Crippen LogP contribution in [0.5, 0.6) is 0 Å². The van der Waals surface area contributed by atoms with Gasteiger partial charge >= 0.3 is 0 Å². The highest BCUT2D eigenvalue weighted by Gasteiger charge is 2.13. The van der Waals surface area contributed by atoms with Gasteiger partial charge in [0.2, 0.25) is 0 Å². The van der Waals surface area contributed by atoms with Crippen molar-refractivity contribution in [2.75, 3.05) is 0 Å². The minimum atomic E-state index is -0.183. The van der Waals surface area contributed by atoms with Gasteiger partial charge < -0.3 is 5.73 Å². The predicted molar refractivity (Wildman–Crippen MR) is 72.8 cm³/mol. The van der Waals surface area contributed by atoms with E-state index >= 15 is 0 Å². The van der Waals surface area contributed by atoms with E-state index < -0.39 is 0 Å². The Bertz CT molecular complexity index is 506. The van der Waals surface area contributed by atoms with Gasteiger partial charge in [0.15, 0.2) is 0 Å². The molecule has 1 aromatic carbocycles. The second kappa shape index (κ2) is 5.15. The van der Waals surface area contributed by atoms with E-state index in [0.29, 0.717) is 5.92 Å². The highest BCUT2D eigenvalue weighted by Crippen LogP contribution is 2.32. The number of rotatable bonds is 4. The lowest BCUT2D eigenvalue weighted by Gasteiger charge is -2.13. The zero-order chi connectivity index (χ0) is 12.4. The second-order valence-corrected chi connectivity index (χ2v) is 5.80. The van der Waals surface area contributed by atoms with Gasteiger partial charge in [0.25, 0.3) is 0 Å². The first kappa shape index (κ1) is 12.5. The Hall–Kier alpha value is -0.930. The van der Waals surface area contributed by atoms with Crippen LogP contribution in [0, 0.1) is 11.7 Å². The minimum Gasteiger partial charge on any atom is -0.323 e. The number of benzene rings is 1. The van der Waals surface area contributed by atoms with Crippen molar-refractivity contribution in [2.24, 2.45) is 11.7 Å². The fraction of sp³-hybridized carbons (Fsp3) is 0.429. The van der Waals surface area contributed by atoms with E-state index in [9.17, 15) is 4.39 Å². The van der Waals surface area contributed by atoms with E-state index in [4.69, 9.17) is 5.73 Å². The summed E-state index contributed by atoms with van der Waals surface area (Å²) >= 11 is 1.67. The van der Waals surface area contributed by atoms with E-state index in [1.807, 2.05) is 12.1 Å². The van der Waals surface area contributed by atoms with Crippen molar-refractivity contribution in [3.05, 3.63) is 35.0 Å². The molecule has 2 unspecified atom stereocenters. The maximum absolute atomic E-state index is 13.1. The summed E-state index contributed by atoms with van der Waals surface area (Å²) in [6.07, 6.45) is 2.14. The standard InChI is InChI=1S/C14H18FNS/c1-3-9(2)6-12(16)14-8-10-7-11(15)4-5-13(10)17-14/h4-5,7-9,12H,3,6,16H2,1-2H3. The van der Waals surface area contributed by atoms with Crippen LogP contribution in [0.1, 0.15) is 37.6 Å². The molecule has 0 saturated heterocycles. The highest BCUT2D eigenvalue weighted by molar-refractivity contribution is 7.19. The van der Waals surface area contributed by atoms with E-state index in [1.165, 1.54) is 6.07 Å². The van der Waals surface area contributed by atoms with Crippen molar-refractivity contribution >= 4 is 21.4 Å². The van der Waals surface area contributed by atoms with Crippen LogP contribution in [0.3, 0.4) is 0 Å². The summed E-state index contributed by atoms with van der Waals surface area (Å²) in [5.74, 6) is 0.448. The third-order valence-corrected chi connectivity index (χ3v) is 4.46. The Morgan fingerprint density at radius 1 is 1.35 bits per heavy atom. The molecule has 17 heavy (non-hydrogen) atoms. The molecule has 0 aliphatic rings. The predicted octanol–water partition coefficient (Wildman–Crippen LogP) is 4.48. The first-order valence-electron chi connectivity index (χ1n) is 6.04. The number of thiophene rings is 1. The third kappa shape index (κ3) is 2.85. The Labute approximate surface area is 105 Å². The van der Waals surface area contributed by atoms with Crippen molar-refractivity contribution in [3.63, 3.8) is 0 Å². The van der Waals surface area contributed by atoms with Crippen LogP contribution in [0.25, 0.3) is 10.1 Å². The van der Waals surface area contributed by atoms with Gasteiger partial charge in [-0.3, -0.25) is 0 Å². The smallest absolute Gasteiger partial charge is 0.123 e. The van der Waals surface area contributed by atoms with Crippen LogP contribution < -0.4 is 5.73 Å². The molecule has 0 aliphatic heterocycles. The molecular formula is C14H18FNS. The van der Waals surface area contributed by atoms with E-state index in [1.54, 1.807) is 17.4 Å². The van der Waals surface area contributed by atoms with Crippen molar-refractivity contribution < 1.29 is 4.39 Å². The summed E-state index contributed by atoms with van der Waals surface area (Å²) in [5.41, 5.74) is 6.19. The Kier molecular flexibility index (Phi) is 3.79. The van der Waals surface area contributed by atoms with Crippen molar-refractivity contribution in [2.45, 2.75) is 32.7 Å². The van der Waals surface area contributed by atoms with Crippen LogP contribution >= 0.6 is 11.3 Å². The zero-order valence-corrected chi connectivity index (χ0v) is 11.1. The summed E-state index contributed by atoms with van der Waals surface area (Å²) in [5, 5.41) is 0.963. The zero-order valence-electron chi connectivity index (χ0n) is 10.2. The Morgan fingerprint density at radius 2 is 2.12 bits per heavy atom. The minimum absolute atomic E-state index is 0.0745. The van der Waals surface area contributed by atoms with Gasteiger partial charge in [-0.15, -0.1) is 11.3 Å². The van der Waals surface area contributed by atoms with Crippen LogP contribution in [-0.2, 0) is 0 Å². The van der Waals surface area contributed by atoms with Gasteiger partial charge in [0, 0.05) is 15.6 Å². The molecule has 1 aromatic heterocycles. The van der Waals surface area contributed by atoms with E-state index in [0.717, 1.165) is 27.8 Å². The molecule has 0 fully saturated rings. The summed E-state index contributed by atoms with van der Waals surface area (Å²) in [6, 6.07) is 7.00. The van der Waals surface area contributed by atoms with Gasteiger partial charge in [-0.1, -0.05) is 20.3 Å². The fourth-order valence-electron chi connectivity index (χ4n) is 1.93. The van der Waals surface area contributed by atoms with Crippen molar-refractivity contribution in [1.82, 2.24) is 0 Å². The SMILES string of the molecule is CCC(C)CC(N)c1cc2cc(F)ccc2s1. The molecule has 1 heterocycles. The molecule has 0 aliphatic carbocycles. The molecule has 3 heteroatoms. The largest absolute Gasteiger partial charge is 0.323 e. The molecular weight excluding hydrogens is 233 g/mol. The number of hydrogen-bond donors (Lipinski definition) is 1. The molecule has 2 atom stereocenters. The summed E-state index contributed by atoms with van der Waals surface area (Å²) in [4.78, 5) is 1.16. The normalized spacial score (nSPS) is 15.1. The quantitative estimate of drug-likeness (QED) is 0.852. The number of hydrogen-bond acceptors (Lipinski definition) is 2. The maximum Gasteiger partial charge on any atom is 0.123 e. The van der Waals surface area contributed by atoms with E-state index in [-0.39, 0.29) is 11.9 Å². The average molecular weight is 251 g/mol. The van der Waals surface area contributed by atoms with Crippen LogP contribution in [0.4, 0.5) is 4.39 Å². The fourth-order valence-corrected chi connectivity index (χ4v) is 2.99. The lowest BCUT2D eigenvalue weighted by Crippen LogP contribution is -2.12. The number of halogens is 1. The van der Waals surface area contributed by atoms with Gasteiger partial charge in [-0.25, -0.2) is 4.39 Å².